The van der Waals surface area contributed by atoms with Gasteiger partial charge in [0.2, 0.25) is 5.75 Å². The molecule has 0 saturated carbocycles. The van der Waals surface area contributed by atoms with E-state index in [-0.39, 0.29) is 11.5 Å². The van der Waals surface area contributed by atoms with Crippen molar-refractivity contribution < 1.29 is 15.3 Å². The number of aryl methyl sites for hydroxylation is 1. The third-order valence-corrected chi connectivity index (χ3v) is 4.00. The highest BCUT2D eigenvalue weighted by molar-refractivity contribution is 5.81. The van der Waals surface area contributed by atoms with Crippen molar-refractivity contribution in [2.45, 2.75) is 40.0 Å². The molecule has 2 rings (SSSR count). The Bertz CT molecular complexity index is 629. The van der Waals surface area contributed by atoms with Crippen molar-refractivity contribution in [3.63, 3.8) is 0 Å². The number of rotatable bonds is 4. The molecule has 0 aliphatic carbocycles. The Morgan fingerprint density at radius 3 is 1.71 bits per heavy atom. The highest BCUT2D eigenvalue weighted by atomic mass is 16.3. The van der Waals surface area contributed by atoms with Crippen LogP contribution in [0.5, 0.6) is 17.2 Å². The van der Waals surface area contributed by atoms with Gasteiger partial charge >= 0.3 is 0 Å². The maximum Gasteiger partial charge on any atom is 0.200 e. The second-order valence-electron chi connectivity index (χ2n) is 5.10. The summed E-state index contributed by atoms with van der Waals surface area (Å²) in [6.07, 6.45) is 2.03. The number of phenolic OH excluding ortho intramolecular Hbond substituents is 3. The van der Waals surface area contributed by atoms with Gasteiger partial charge < -0.3 is 15.3 Å². The predicted octanol–water partition coefficient (Wildman–Crippen LogP) is 4.16. The van der Waals surface area contributed by atoms with E-state index in [1.807, 2.05) is 32.0 Å². The lowest BCUT2D eigenvalue weighted by Crippen LogP contribution is -1.99. The van der Waals surface area contributed by atoms with Crippen LogP contribution in [0, 0.1) is 0 Å². The molecular formula is C18H22O3. The van der Waals surface area contributed by atoms with Crippen molar-refractivity contribution in [2.75, 3.05) is 0 Å². The van der Waals surface area contributed by atoms with E-state index in [4.69, 9.17) is 0 Å². The first-order chi connectivity index (χ1) is 10.1. The average molecular weight is 286 g/mol. The van der Waals surface area contributed by atoms with Crippen molar-refractivity contribution in [1.82, 2.24) is 0 Å². The van der Waals surface area contributed by atoms with Gasteiger partial charge in [-0.05, 0) is 36.0 Å². The van der Waals surface area contributed by atoms with E-state index in [1.165, 1.54) is 0 Å². The van der Waals surface area contributed by atoms with Crippen LogP contribution in [0.3, 0.4) is 0 Å². The molecule has 0 radical (unpaired) electrons. The van der Waals surface area contributed by atoms with Gasteiger partial charge in [-0.3, -0.25) is 0 Å². The summed E-state index contributed by atoms with van der Waals surface area (Å²) in [5, 5.41) is 30.3. The van der Waals surface area contributed by atoms with E-state index >= 15 is 0 Å². The van der Waals surface area contributed by atoms with Gasteiger partial charge in [-0.2, -0.15) is 0 Å². The van der Waals surface area contributed by atoms with Gasteiger partial charge in [0.15, 0.2) is 11.5 Å². The molecule has 0 unspecified atom stereocenters. The Morgan fingerprint density at radius 1 is 0.714 bits per heavy atom. The minimum absolute atomic E-state index is 0.215. The second kappa shape index (κ2) is 6.08. The van der Waals surface area contributed by atoms with Gasteiger partial charge in [0.1, 0.15) is 0 Å². The van der Waals surface area contributed by atoms with Gasteiger partial charge in [0, 0.05) is 11.1 Å². The van der Waals surface area contributed by atoms with Gasteiger partial charge in [0.05, 0.1) is 0 Å². The summed E-state index contributed by atoms with van der Waals surface area (Å²) in [5.41, 5.74) is 4.39. The molecule has 3 heteroatoms. The fourth-order valence-electron chi connectivity index (χ4n) is 2.90. The lowest BCUT2D eigenvalue weighted by molar-refractivity contribution is 0.363. The van der Waals surface area contributed by atoms with E-state index in [0.29, 0.717) is 24.0 Å². The summed E-state index contributed by atoms with van der Waals surface area (Å²) in [7, 11) is 0. The number of benzene rings is 2. The monoisotopic (exact) mass is 286 g/mol. The fourth-order valence-corrected chi connectivity index (χ4v) is 2.90. The first-order valence-corrected chi connectivity index (χ1v) is 7.43. The molecule has 0 heterocycles. The largest absolute Gasteiger partial charge is 0.504 e. The lowest BCUT2D eigenvalue weighted by Gasteiger charge is -2.20. The van der Waals surface area contributed by atoms with Gasteiger partial charge in [-0.25, -0.2) is 0 Å². The zero-order valence-corrected chi connectivity index (χ0v) is 12.8. The molecule has 0 bridgehead atoms. The molecule has 112 valence electrons. The van der Waals surface area contributed by atoms with Gasteiger partial charge in [-0.15, -0.1) is 0 Å². The highest BCUT2D eigenvalue weighted by Crippen LogP contribution is 2.48. The molecule has 2 aromatic carbocycles. The van der Waals surface area contributed by atoms with Crippen LogP contribution in [0.25, 0.3) is 11.1 Å². The highest BCUT2D eigenvalue weighted by Gasteiger charge is 2.23. The zero-order chi connectivity index (χ0) is 15.6. The first kappa shape index (κ1) is 15.2. The standard InChI is InChI=1S/C18H22O3/c1-4-11-9-7-8-10-14(11)15-12(5-2)16(19)18(21)17(20)13(15)6-3/h7-10,19-21H,4-6H2,1-3H3. The van der Waals surface area contributed by atoms with Crippen molar-refractivity contribution in [3.05, 3.63) is 41.0 Å². The van der Waals surface area contributed by atoms with E-state index in [9.17, 15) is 15.3 Å². The van der Waals surface area contributed by atoms with Crippen molar-refractivity contribution in [2.24, 2.45) is 0 Å². The maximum absolute atomic E-state index is 10.2. The summed E-state index contributed by atoms with van der Waals surface area (Å²) in [4.78, 5) is 0. The first-order valence-electron chi connectivity index (χ1n) is 7.43. The molecular weight excluding hydrogens is 264 g/mol. The molecule has 0 aromatic heterocycles. The smallest absolute Gasteiger partial charge is 0.200 e. The molecule has 3 N–H and O–H groups in total. The van der Waals surface area contributed by atoms with Crippen LogP contribution in [0.1, 0.15) is 37.5 Å². The van der Waals surface area contributed by atoms with E-state index < -0.39 is 5.75 Å². The number of aromatic hydroxyl groups is 3. The summed E-state index contributed by atoms with van der Waals surface area (Å²) >= 11 is 0. The average Bonchev–Trinajstić information content (AvgIpc) is 2.52. The molecule has 0 amide bonds. The number of hydrogen-bond acceptors (Lipinski definition) is 3. The Morgan fingerprint density at radius 2 is 1.24 bits per heavy atom. The zero-order valence-electron chi connectivity index (χ0n) is 12.8. The lowest BCUT2D eigenvalue weighted by atomic mass is 9.87. The quantitative estimate of drug-likeness (QED) is 0.740. The molecule has 0 saturated heterocycles. The third-order valence-electron chi connectivity index (χ3n) is 4.00. The number of phenols is 3. The molecule has 0 fully saturated rings. The van der Waals surface area contributed by atoms with E-state index in [0.717, 1.165) is 23.1 Å². The van der Waals surface area contributed by atoms with Crippen LogP contribution in [0.2, 0.25) is 0 Å². The fraction of sp³-hybridized carbons (Fsp3) is 0.333. The topological polar surface area (TPSA) is 60.7 Å². The van der Waals surface area contributed by atoms with Crippen LogP contribution in [0.4, 0.5) is 0 Å². The van der Waals surface area contributed by atoms with Crippen LogP contribution in [-0.2, 0) is 19.3 Å². The van der Waals surface area contributed by atoms with Crippen molar-refractivity contribution in [3.8, 4) is 28.4 Å². The van der Waals surface area contributed by atoms with Crippen LogP contribution >= 0.6 is 0 Å². The maximum atomic E-state index is 10.2. The van der Waals surface area contributed by atoms with Crippen LogP contribution < -0.4 is 0 Å². The summed E-state index contributed by atoms with van der Waals surface area (Å²) in [6, 6.07) is 7.99. The molecule has 0 aliphatic heterocycles. The van der Waals surface area contributed by atoms with Crippen molar-refractivity contribution >= 4 is 0 Å². The summed E-state index contributed by atoms with van der Waals surface area (Å²) in [5.74, 6) is -0.845. The normalized spacial score (nSPS) is 10.8. The van der Waals surface area contributed by atoms with Crippen LogP contribution in [0.15, 0.2) is 24.3 Å². The van der Waals surface area contributed by atoms with E-state index in [2.05, 4.69) is 13.0 Å². The summed E-state index contributed by atoms with van der Waals surface area (Å²) < 4.78 is 0. The molecule has 3 nitrogen and oxygen atoms in total. The Hall–Kier alpha value is -2.16. The second-order valence-corrected chi connectivity index (χ2v) is 5.10. The molecule has 2 aromatic rings. The Kier molecular flexibility index (Phi) is 4.41. The predicted molar refractivity (Wildman–Crippen MR) is 85.0 cm³/mol. The molecule has 0 atom stereocenters. The SMILES string of the molecule is CCc1ccccc1-c1c(CC)c(O)c(O)c(O)c1CC. The molecule has 0 aliphatic rings. The van der Waals surface area contributed by atoms with Crippen LogP contribution in [-0.4, -0.2) is 15.3 Å². The van der Waals surface area contributed by atoms with Gasteiger partial charge in [0.25, 0.3) is 0 Å². The number of hydrogen-bond donors (Lipinski definition) is 3. The minimum atomic E-state index is -0.415. The Balaban J connectivity index is 2.90. The van der Waals surface area contributed by atoms with Gasteiger partial charge in [-0.1, -0.05) is 45.0 Å². The van der Waals surface area contributed by atoms with E-state index in [1.54, 1.807) is 0 Å². The minimum Gasteiger partial charge on any atom is -0.504 e. The third kappa shape index (κ3) is 2.44. The van der Waals surface area contributed by atoms with Crippen molar-refractivity contribution in [1.29, 1.82) is 0 Å². The summed E-state index contributed by atoms with van der Waals surface area (Å²) in [6.45, 7) is 5.95. The molecule has 0 spiro atoms. The Labute approximate surface area is 125 Å². The molecule has 21 heavy (non-hydrogen) atoms.